The summed E-state index contributed by atoms with van der Waals surface area (Å²) in [6.45, 7) is 3.75. The number of morpholine rings is 1. The fraction of sp³-hybridized carbons (Fsp3) is 0.389. The number of carbonyl (C=O) groups is 1. The van der Waals surface area contributed by atoms with Crippen molar-refractivity contribution in [1.29, 1.82) is 0 Å². The zero-order valence-corrected chi connectivity index (χ0v) is 16.0. The topological polar surface area (TPSA) is 41.6 Å². The highest BCUT2D eigenvalue weighted by Crippen LogP contribution is 2.26. The highest BCUT2D eigenvalue weighted by Gasteiger charge is 2.24. The fourth-order valence-electron chi connectivity index (χ4n) is 2.91. The van der Waals surface area contributed by atoms with Crippen molar-refractivity contribution in [1.82, 2.24) is 10.2 Å². The van der Waals surface area contributed by atoms with Crippen molar-refractivity contribution >= 4 is 40.4 Å². The van der Waals surface area contributed by atoms with Crippen LogP contribution in [0.1, 0.15) is 16.5 Å². The summed E-state index contributed by atoms with van der Waals surface area (Å²) in [6.07, 6.45) is 0.179. The summed E-state index contributed by atoms with van der Waals surface area (Å²) in [7, 11) is 0. The quantitative estimate of drug-likeness (QED) is 0.804. The Labute approximate surface area is 161 Å². The monoisotopic (exact) mass is 398 g/mol. The van der Waals surface area contributed by atoms with Gasteiger partial charge in [0, 0.05) is 34.6 Å². The summed E-state index contributed by atoms with van der Waals surface area (Å²) in [5, 5.41) is 6.14. The predicted octanol–water partition coefficient (Wildman–Crippen LogP) is 3.79. The van der Waals surface area contributed by atoms with E-state index >= 15 is 0 Å². The van der Waals surface area contributed by atoms with Crippen molar-refractivity contribution in [3.63, 3.8) is 0 Å². The lowest BCUT2D eigenvalue weighted by atomic mass is 10.1. The number of carbonyl (C=O) groups excluding carboxylic acids is 1. The van der Waals surface area contributed by atoms with E-state index in [9.17, 15) is 4.79 Å². The Balaban J connectivity index is 1.63. The van der Waals surface area contributed by atoms with Crippen molar-refractivity contribution in [2.24, 2.45) is 0 Å². The minimum absolute atomic E-state index is 0.0789. The van der Waals surface area contributed by atoms with Crippen molar-refractivity contribution in [2.75, 3.05) is 32.8 Å². The maximum atomic E-state index is 12.4. The standard InChI is InChI=1S/C18H20Cl2N2O2S/c19-14-3-1-4-15(20)13(14)11-18(23)21-12-16(17-5-2-10-25-17)22-6-8-24-9-7-22/h1-5,10,16H,6-9,11-12H2,(H,21,23)/t16-/m1/s1. The molecule has 4 nitrogen and oxygen atoms in total. The van der Waals surface area contributed by atoms with E-state index in [0.717, 1.165) is 26.3 Å². The lowest BCUT2D eigenvalue weighted by Crippen LogP contribution is -2.43. The highest BCUT2D eigenvalue weighted by molar-refractivity contribution is 7.10. The van der Waals surface area contributed by atoms with Crippen molar-refractivity contribution < 1.29 is 9.53 Å². The summed E-state index contributed by atoms with van der Waals surface area (Å²) in [6, 6.07) is 9.59. The minimum Gasteiger partial charge on any atom is -0.379 e. The first kappa shape index (κ1) is 18.7. The molecule has 1 aliphatic heterocycles. The van der Waals surface area contributed by atoms with Crippen LogP contribution in [0.3, 0.4) is 0 Å². The normalized spacial score (nSPS) is 16.6. The molecule has 0 unspecified atom stereocenters. The van der Waals surface area contributed by atoms with Crippen molar-refractivity contribution in [3.8, 4) is 0 Å². The molecule has 1 atom stereocenters. The van der Waals surface area contributed by atoms with Crippen LogP contribution in [0.25, 0.3) is 0 Å². The van der Waals surface area contributed by atoms with E-state index in [0.29, 0.717) is 22.2 Å². The smallest absolute Gasteiger partial charge is 0.224 e. The molecule has 0 radical (unpaired) electrons. The Morgan fingerprint density at radius 1 is 1.20 bits per heavy atom. The first-order valence-electron chi connectivity index (χ1n) is 8.20. The Kier molecular flexibility index (Phi) is 6.73. The van der Waals surface area contributed by atoms with Crippen LogP contribution < -0.4 is 5.32 Å². The molecule has 1 aromatic heterocycles. The number of hydrogen-bond acceptors (Lipinski definition) is 4. The largest absolute Gasteiger partial charge is 0.379 e. The number of ether oxygens (including phenoxy) is 1. The summed E-state index contributed by atoms with van der Waals surface area (Å²) < 4.78 is 5.44. The lowest BCUT2D eigenvalue weighted by Gasteiger charge is -2.34. The van der Waals surface area contributed by atoms with Gasteiger partial charge in [0.2, 0.25) is 5.91 Å². The Hall–Kier alpha value is -1.11. The zero-order valence-electron chi connectivity index (χ0n) is 13.7. The zero-order chi connectivity index (χ0) is 17.6. The van der Waals surface area contributed by atoms with Gasteiger partial charge in [-0.1, -0.05) is 35.3 Å². The summed E-state index contributed by atoms with van der Waals surface area (Å²) in [5.41, 5.74) is 0.669. The van der Waals surface area contributed by atoms with E-state index in [-0.39, 0.29) is 18.4 Å². The number of nitrogens with one attached hydrogen (secondary N) is 1. The van der Waals surface area contributed by atoms with Gasteiger partial charge in [0.1, 0.15) is 0 Å². The molecule has 0 spiro atoms. The maximum absolute atomic E-state index is 12.4. The molecule has 3 rings (SSSR count). The predicted molar refractivity (Wildman–Crippen MR) is 103 cm³/mol. The van der Waals surface area contributed by atoms with E-state index in [1.54, 1.807) is 29.5 Å². The molecule has 1 aliphatic rings. The number of rotatable bonds is 6. The molecule has 134 valence electrons. The van der Waals surface area contributed by atoms with Gasteiger partial charge in [-0.05, 0) is 29.1 Å². The van der Waals surface area contributed by atoms with Crippen LogP contribution in [-0.2, 0) is 16.0 Å². The Morgan fingerprint density at radius 3 is 2.56 bits per heavy atom. The molecule has 7 heteroatoms. The van der Waals surface area contributed by atoms with Gasteiger partial charge in [-0.2, -0.15) is 0 Å². The fourth-order valence-corrected chi connectivity index (χ4v) is 4.31. The second-order valence-electron chi connectivity index (χ2n) is 5.86. The molecule has 1 N–H and O–H groups in total. The first-order valence-corrected chi connectivity index (χ1v) is 9.83. The van der Waals surface area contributed by atoms with Crippen LogP contribution >= 0.6 is 34.5 Å². The summed E-state index contributed by atoms with van der Waals surface area (Å²) in [4.78, 5) is 16.0. The number of nitrogens with zero attached hydrogens (tertiary/aromatic N) is 1. The van der Waals surface area contributed by atoms with Crippen LogP contribution in [-0.4, -0.2) is 43.7 Å². The van der Waals surface area contributed by atoms with Gasteiger partial charge in [-0.15, -0.1) is 11.3 Å². The minimum atomic E-state index is -0.0789. The average molecular weight is 399 g/mol. The number of thiophene rings is 1. The lowest BCUT2D eigenvalue weighted by molar-refractivity contribution is -0.120. The SMILES string of the molecule is O=C(Cc1c(Cl)cccc1Cl)NC[C@H](c1cccs1)N1CCOCC1. The van der Waals surface area contributed by atoms with Crippen LogP contribution in [0.5, 0.6) is 0 Å². The van der Waals surface area contributed by atoms with Gasteiger partial charge in [0.05, 0.1) is 25.7 Å². The van der Waals surface area contributed by atoms with Gasteiger partial charge in [-0.3, -0.25) is 9.69 Å². The molecular formula is C18H20Cl2N2O2S. The molecule has 1 amide bonds. The summed E-state index contributed by atoms with van der Waals surface area (Å²) in [5.74, 6) is -0.0789. The third-order valence-electron chi connectivity index (χ3n) is 4.25. The highest BCUT2D eigenvalue weighted by atomic mass is 35.5. The molecule has 1 aromatic carbocycles. The van der Waals surface area contributed by atoms with Gasteiger partial charge in [0.25, 0.3) is 0 Å². The van der Waals surface area contributed by atoms with E-state index < -0.39 is 0 Å². The van der Waals surface area contributed by atoms with Crippen molar-refractivity contribution in [3.05, 3.63) is 56.2 Å². The number of halogens is 2. The van der Waals surface area contributed by atoms with Crippen LogP contribution in [0.15, 0.2) is 35.7 Å². The Morgan fingerprint density at radius 2 is 1.92 bits per heavy atom. The molecule has 2 heterocycles. The first-order chi connectivity index (χ1) is 12.1. The van der Waals surface area contributed by atoms with E-state index in [1.807, 2.05) is 6.07 Å². The number of hydrogen-bond donors (Lipinski definition) is 1. The molecular weight excluding hydrogens is 379 g/mol. The number of benzene rings is 1. The molecule has 0 aliphatic carbocycles. The van der Waals surface area contributed by atoms with E-state index in [2.05, 4.69) is 21.7 Å². The van der Waals surface area contributed by atoms with E-state index in [4.69, 9.17) is 27.9 Å². The van der Waals surface area contributed by atoms with Gasteiger partial charge in [0.15, 0.2) is 0 Å². The van der Waals surface area contributed by atoms with Crippen LogP contribution in [0.4, 0.5) is 0 Å². The molecule has 1 fully saturated rings. The molecule has 1 saturated heterocycles. The summed E-state index contributed by atoms with van der Waals surface area (Å²) >= 11 is 14.0. The molecule has 0 saturated carbocycles. The third-order valence-corrected chi connectivity index (χ3v) is 5.93. The van der Waals surface area contributed by atoms with E-state index in [1.165, 1.54) is 4.88 Å². The van der Waals surface area contributed by atoms with Crippen molar-refractivity contribution in [2.45, 2.75) is 12.5 Å². The Bertz CT molecular complexity index is 683. The second kappa shape index (κ2) is 9.01. The second-order valence-corrected chi connectivity index (χ2v) is 7.65. The average Bonchev–Trinajstić information content (AvgIpc) is 3.14. The van der Waals surface area contributed by atoms with Gasteiger partial charge >= 0.3 is 0 Å². The van der Waals surface area contributed by atoms with Gasteiger partial charge < -0.3 is 10.1 Å². The third kappa shape index (κ3) is 4.96. The number of amides is 1. The molecule has 0 bridgehead atoms. The van der Waals surface area contributed by atoms with Crippen LogP contribution in [0.2, 0.25) is 10.0 Å². The maximum Gasteiger partial charge on any atom is 0.224 e. The molecule has 25 heavy (non-hydrogen) atoms. The molecule has 2 aromatic rings. The van der Waals surface area contributed by atoms with Crippen LogP contribution in [0, 0.1) is 0 Å². The van der Waals surface area contributed by atoms with Gasteiger partial charge in [-0.25, -0.2) is 0 Å².